The SMILES string of the molecule is COC(=O)Cc1cc(OC)c(O)c(OC)c1S(=O)(=O)F. The van der Waals surface area contributed by atoms with Crippen LogP contribution in [0.1, 0.15) is 5.56 Å². The van der Waals surface area contributed by atoms with Crippen molar-refractivity contribution in [3.63, 3.8) is 0 Å². The molecule has 0 spiro atoms. The van der Waals surface area contributed by atoms with Gasteiger partial charge in [0.25, 0.3) is 0 Å². The quantitative estimate of drug-likeness (QED) is 0.634. The Morgan fingerprint density at radius 2 is 1.90 bits per heavy atom. The number of halogens is 1. The van der Waals surface area contributed by atoms with Crippen LogP contribution >= 0.6 is 0 Å². The Kier molecular flexibility index (Phi) is 4.77. The summed E-state index contributed by atoms with van der Waals surface area (Å²) in [6, 6.07) is 1.03. The van der Waals surface area contributed by atoms with Crippen LogP contribution in [0.3, 0.4) is 0 Å². The van der Waals surface area contributed by atoms with E-state index >= 15 is 0 Å². The predicted molar refractivity (Wildman–Crippen MR) is 65.2 cm³/mol. The molecule has 0 aromatic heterocycles. The molecule has 0 saturated carbocycles. The first kappa shape index (κ1) is 16.0. The molecular formula is C11H13FO7S. The zero-order valence-corrected chi connectivity index (χ0v) is 11.8. The van der Waals surface area contributed by atoms with Crippen LogP contribution in [0.4, 0.5) is 3.89 Å². The largest absolute Gasteiger partial charge is 0.502 e. The molecule has 0 radical (unpaired) electrons. The van der Waals surface area contributed by atoms with Gasteiger partial charge < -0.3 is 19.3 Å². The number of rotatable bonds is 5. The van der Waals surface area contributed by atoms with Crippen LogP contribution < -0.4 is 9.47 Å². The zero-order valence-electron chi connectivity index (χ0n) is 11.0. The Balaban J connectivity index is 3.66. The number of methoxy groups -OCH3 is 3. The van der Waals surface area contributed by atoms with E-state index in [1.165, 1.54) is 7.11 Å². The van der Waals surface area contributed by atoms with Crippen molar-refractivity contribution in [2.75, 3.05) is 21.3 Å². The molecule has 0 heterocycles. The second kappa shape index (κ2) is 5.95. The Labute approximate surface area is 115 Å². The van der Waals surface area contributed by atoms with E-state index in [4.69, 9.17) is 9.47 Å². The Morgan fingerprint density at radius 1 is 1.30 bits per heavy atom. The van der Waals surface area contributed by atoms with Gasteiger partial charge in [-0.2, -0.15) is 8.42 Å². The smallest absolute Gasteiger partial charge is 0.336 e. The summed E-state index contributed by atoms with van der Waals surface area (Å²) in [5.41, 5.74) is -0.245. The van der Waals surface area contributed by atoms with Crippen LogP contribution in [0.2, 0.25) is 0 Å². The molecule has 112 valence electrons. The van der Waals surface area contributed by atoms with E-state index in [0.717, 1.165) is 20.3 Å². The first-order valence-corrected chi connectivity index (χ1v) is 6.62. The number of hydrogen-bond acceptors (Lipinski definition) is 7. The van der Waals surface area contributed by atoms with Gasteiger partial charge in [-0.05, 0) is 11.6 Å². The van der Waals surface area contributed by atoms with Crippen molar-refractivity contribution in [3.05, 3.63) is 11.6 Å². The van der Waals surface area contributed by atoms with E-state index in [2.05, 4.69) is 4.74 Å². The molecular weight excluding hydrogens is 295 g/mol. The summed E-state index contributed by atoms with van der Waals surface area (Å²) in [4.78, 5) is 10.3. The van der Waals surface area contributed by atoms with Crippen molar-refractivity contribution in [2.24, 2.45) is 0 Å². The molecule has 0 amide bonds. The number of phenolic OH excluding ortho intramolecular Hbond substituents is 1. The van der Waals surface area contributed by atoms with Gasteiger partial charge in [-0.1, -0.05) is 0 Å². The van der Waals surface area contributed by atoms with Gasteiger partial charge in [-0.3, -0.25) is 4.79 Å². The molecule has 1 aromatic rings. The molecule has 1 rings (SSSR count). The zero-order chi connectivity index (χ0) is 15.5. The number of hydrogen-bond donors (Lipinski definition) is 1. The second-order valence-electron chi connectivity index (χ2n) is 3.64. The normalized spacial score (nSPS) is 11.0. The molecule has 20 heavy (non-hydrogen) atoms. The lowest BCUT2D eigenvalue weighted by atomic mass is 10.1. The standard InChI is InChI=1S/C11H13FO7S/c1-17-7-4-6(5-8(13)18-2)11(20(12,15)16)10(19-3)9(7)14/h4,14H,5H2,1-3H3. The molecule has 1 N–H and O–H groups in total. The number of phenols is 1. The molecule has 0 aliphatic carbocycles. The molecule has 7 nitrogen and oxygen atoms in total. The fraction of sp³-hybridized carbons (Fsp3) is 0.364. The number of ether oxygens (including phenoxy) is 3. The van der Waals surface area contributed by atoms with Crippen LogP contribution in [0.25, 0.3) is 0 Å². The monoisotopic (exact) mass is 308 g/mol. The molecule has 1 aromatic carbocycles. The van der Waals surface area contributed by atoms with E-state index in [0.29, 0.717) is 0 Å². The van der Waals surface area contributed by atoms with Crippen molar-refractivity contribution in [1.82, 2.24) is 0 Å². The van der Waals surface area contributed by atoms with Gasteiger partial charge in [0.1, 0.15) is 4.90 Å². The molecule has 0 unspecified atom stereocenters. The van der Waals surface area contributed by atoms with Gasteiger partial charge in [0.2, 0.25) is 5.75 Å². The third kappa shape index (κ3) is 3.10. The Hall–Kier alpha value is -2.03. The van der Waals surface area contributed by atoms with Gasteiger partial charge in [-0.15, -0.1) is 3.89 Å². The fourth-order valence-electron chi connectivity index (χ4n) is 1.63. The van der Waals surface area contributed by atoms with Crippen LogP contribution in [0, 0.1) is 0 Å². The molecule has 0 atom stereocenters. The highest BCUT2D eigenvalue weighted by atomic mass is 32.3. The van der Waals surface area contributed by atoms with E-state index in [-0.39, 0.29) is 11.3 Å². The summed E-state index contributed by atoms with van der Waals surface area (Å²) in [6.07, 6.45) is -0.526. The predicted octanol–water partition coefficient (Wildman–Crippen LogP) is 0.783. The Bertz CT molecular complexity index is 624. The summed E-state index contributed by atoms with van der Waals surface area (Å²) in [5.74, 6) is -2.26. The van der Waals surface area contributed by atoms with Gasteiger partial charge in [0.15, 0.2) is 11.5 Å². The first-order valence-electron chi connectivity index (χ1n) is 5.24. The van der Waals surface area contributed by atoms with E-state index < -0.39 is 39.0 Å². The average Bonchev–Trinajstić information content (AvgIpc) is 2.38. The van der Waals surface area contributed by atoms with Crippen molar-refractivity contribution < 1.29 is 36.4 Å². The molecule has 0 fully saturated rings. The highest BCUT2D eigenvalue weighted by molar-refractivity contribution is 7.86. The maximum Gasteiger partial charge on any atom is 0.336 e. The lowest BCUT2D eigenvalue weighted by molar-refractivity contribution is -0.139. The van der Waals surface area contributed by atoms with Crippen LogP contribution in [-0.4, -0.2) is 40.8 Å². The van der Waals surface area contributed by atoms with Gasteiger partial charge >= 0.3 is 16.2 Å². The molecule has 0 saturated heterocycles. The third-order valence-corrected chi connectivity index (χ3v) is 3.42. The summed E-state index contributed by atoms with van der Waals surface area (Å²) in [5, 5.41) is 9.75. The van der Waals surface area contributed by atoms with Gasteiger partial charge in [0, 0.05) is 0 Å². The summed E-state index contributed by atoms with van der Waals surface area (Å²) >= 11 is 0. The Morgan fingerprint density at radius 3 is 2.30 bits per heavy atom. The van der Waals surface area contributed by atoms with Crippen molar-refractivity contribution >= 4 is 16.2 Å². The maximum atomic E-state index is 13.4. The number of esters is 1. The lowest BCUT2D eigenvalue weighted by Crippen LogP contribution is -2.10. The minimum Gasteiger partial charge on any atom is -0.502 e. The van der Waals surface area contributed by atoms with Crippen LogP contribution in [0.5, 0.6) is 17.2 Å². The number of benzene rings is 1. The minimum atomic E-state index is -5.23. The number of carbonyl (C=O) groups is 1. The summed E-state index contributed by atoms with van der Waals surface area (Å²) in [7, 11) is -1.87. The van der Waals surface area contributed by atoms with Crippen molar-refractivity contribution in [1.29, 1.82) is 0 Å². The van der Waals surface area contributed by atoms with Crippen molar-refractivity contribution in [2.45, 2.75) is 11.3 Å². The number of carbonyl (C=O) groups excluding carboxylic acids is 1. The maximum absolute atomic E-state index is 13.4. The molecule has 0 aliphatic heterocycles. The minimum absolute atomic E-state index is 0.159. The molecule has 0 aliphatic rings. The van der Waals surface area contributed by atoms with Gasteiger partial charge in [-0.25, -0.2) is 0 Å². The lowest BCUT2D eigenvalue weighted by Gasteiger charge is -2.14. The summed E-state index contributed by atoms with van der Waals surface area (Å²) in [6.45, 7) is 0. The van der Waals surface area contributed by atoms with E-state index in [9.17, 15) is 22.2 Å². The molecule has 0 bridgehead atoms. The van der Waals surface area contributed by atoms with Gasteiger partial charge in [0.05, 0.1) is 27.8 Å². The summed E-state index contributed by atoms with van der Waals surface area (Å²) < 4.78 is 49.7. The average molecular weight is 308 g/mol. The van der Waals surface area contributed by atoms with E-state index in [1.54, 1.807) is 0 Å². The van der Waals surface area contributed by atoms with Crippen LogP contribution in [-0.2, 0) is 26.2 Å². The second-order valence-corrected chi connectivity index (χ2v) is 4.92. The highest BCUT2D eigenvalue weighted by Gasteiger charge is 2.29. The number of aromatic hydroxyl groups is 1. The first-order chi connectivity index (χ1) is 9.26. The molecule has 9 heteroatoms. The fourth-order valence-corrected chi connectivity index (χ4v) is 2.47. The third-order valence-electron chi connectivity index (χ3n) is 2.48. The topological polar surface area (TPSA) is 99.1 Å². The van der Waals surface area contributed by atoms with Crippen molar-refractivity contribution in [3.8, 4) is 17.2 Å². The van der Waals surface area contributed by atoms with E-state index in [1.807, 2.05) is 0 Å². The van der Waals surface area contributed by atoms with Crippen LogP contribution in [0.15, 0.2) is 11.0 Å². The highest BCUT2D eigenvalue weighted by Crippen LogP contribution is 2.44.